The lowest BCUT2D eigenvalue weighted by molar-refractivity contribution is -0.123. The molecule has 1 unspecified atom stereocenters. The average molecular weight is 278 g/mol. The van der Waals surface area contributed by atoms with Gasteiger partial charge >= 0.3 is 6.03 Å². The van der Waals surface area contributed by atoms with Gasteiger partial charge in [0.1, 0.15) is 5.54 Å². The summed E-state index contributed by atoms with van der Waals surface area (Å²) in [6, 6.07) is -0.526. The van der Waals surface area contributed by atoms with Crippen LogP contribution in [-0.2, 0) is 11.8 Å². The van der Waals surface area contributed by atoms with E-state index < -0.39 is 17.5 Å². The lowest BCUT2D eigenvalue weighted by Gasteiger charge is -2.20. The molecule has 2 aliphatic rings. The highest BCUT2D eigenvalue weighted by molar-refractivity contribution is 6.08. The van der Waals surface area contributed by atoms with Gasteiger partial charge in [-0.1, -0.05) is 0 Å². The molecule has 106 valence electrons. The van der Waals surface area contributed by atoms with Gasteiger partial charge < -0.3 is 16.0 Å². The number of nitrogens with zero attached hydrogens (tertiary/aromatic N) is 3. The first-order chi connectivity index (χ1) is 9.41. The third kappa shape index (κ3) is 1.70. The van der Waals surface area contributed by atoms with Gasteiger partial charge in [-0.3, -0.25) is 19.6 Å². The number of imide groups is 1. The molecular weight excluding hydrogens is 264 g/mol. The predicted octanol–water partition coefficient (Wildman–Crippen LogP) is -1.57. The molecule has 9 heteroatoms. The molecule has 1 atom stereocenters. The van der Waals surface area contributed by atoms with Crippen LogP contribution in [0.25, 0.3) is 0 Å². The van der Waals surface area contributed by atoms with E-state index in [1.54, 1.807) is 13.2 Å². The summed E-state index contributed by atoms with van der Waals surface area (Å²) in [5.74, 6) is -0.735. The second kappa shape index (κ2) is 3.95. The molecule has 2 fully saturated rings. The van der Waals surface area contributed by atoms with Crippen molar-refractivity contribution in [3.63, 3.8) is 0 Å². The second-order valence-corrected chi connectivity index (χ2v) is 5.07. The fourth-order valence-corrected chi connectivity index (χ4v) is 2.62. The number of rotatable bonds is 1. The molecule has 9 nitrogen and oxygen atoms in total. The Bertz CT molecular complexity index is 624. The summed E-state index contributed by atoms with van der Waals surface area (Å²) in [7, 11) is 1.67. The van der Waals surface area contributed by atoms with E-state index in [4.69, 9.17) is 5.73 Å². The molecule has 1 spiro atoms. The molecule has 2 aliphatic heterocycles. The van der Waals surface area contributed by atoms with Crippen LogP contribution in [0.5, 0.6) is 0 Å². The highest BCUT2D eigenvalue weighted by Gasteiger charge is 2.52. The topological polar surface area (TPSA) is 122 Å². The van der Waals surface area contributed by atoms with Crippen molar-refractivity contribution in [3.05, 3.63) is 11.9 Å². The first-order valence-electron chi connectivity index (χ1n) is 6.13. The highest BCUT2D eigenvalue weighted by Crippen LogP contribution is 2.26. The van der Waals surface area contributed by atoms with Gasteiger partial charge in [0.15, 0.2) is 5.69 Å². The van der Waals surface area contributed by atoms with Crippen molar-refractivity contribution >= 4 is 23.5 Å². The number of nitrogens with two attached hydrogens (primary N) is 1. The molecule has 1 aromatic heterocycles. The summed E-state index contributed by atoms with van der Waals surface area (Å²) in [5.41, 5.74) is 5.16. The molecule has 4 N–H and O–H groups in total. The lowest BCUT2D eigenvalue weighted by Crippen LogP contribution is -2.49. The number of aryl methyl sites for hydroxylation is 1. The molecule has 1 aromatic rings. The van der Waals surface area contributed by atoms with E-state index in [0.29, 0.717) is 18.7 Å². The standard InChI is InChI=1S/C11H14N6O3/c1-16-4-6(12)7(15-16)8(18)17-3-2-11(5-17)9(19)13-10(20)14-11/h4H,2-3,5,12H2,1H3,(H2,13,14,19,20). The zero-order valence-corrected chi connectivity index (χ0v) is 10.8. The predicted molar refractivity (Wildman–Crippen MR) is 67.5 cm³/mol. The van der Waals surface area contributed by atoms with Crippen LogP contribution >= 0.6 is 0 Å². The van der Waals surface area contributed by atoms with Crippen LogP contribution in [0.2, 0.25) is 0 Å². The monoisotopic (exact) mass is 278 g/mol. The molecule has 2 saturated heterocycles. The van der Waals surface area contributed by atoms with E-state index in [1.165, 1.54) is 9.58 Å². The molecule has 0 radical (unpaired) electrons. The number of aromatic nitrogens is 2. The number of anilines is 1. The van der Waals surface area contributed by atoms with Gasteiger partial charge in [-0.05, 0) is 6.42 Å². The summed E-state index contributed by atoms with van der Waals surface area (Å²) < 4.78 is 1.46. The third-order valence-corrected chi connectivity index (χ3v) is 3.63. The molecule has 4 amide bonds. The Balaban J connectivity index is 1.81. The highest BCUT2D eigenvalue weighted by atomic mass is 16.2. The van der Waals surface area contributed by atoms with Crippen molar-refractivity contribution in [2.24, 2.45) is 7.05 Å². The van der Waals surface area contributed by atoms with Gasteiger partial charge in [0, 0.05) is 19.8 Å². The second-order valence-electron chi connectivity index (χ2n) is 5.07. The van der Waals surface area contributed by atoms with Crippen LogP contribution in [0, 0.1) is 0 Å². The number of hydrogen-bond acceptors (Lipinski definition) is 5. The Morgan fingerprint density at radius 1 is 1.50 bits per heavy atom. The van der Waals surface area contributed by atoms with Crippen molar-refractivity contribution < 1.29 is 14.4 Å². The zero-order chi connectivity index (χ0) is 14.5. The number of likely N-dealkylation sites (tertiary alicyclic amines) is 1. The fourth-order valence-electron chi connectivity index (χ4n) is 2.62. The minimum absolute atomic E-state index is 0.124. The van der Waals surface area contributed by atoms with E-state index in [1.807, 2.05) is 0 Å². The maximum atomic E-state index is 12.3. The smallest absolute Gasteiger partial charge is 0.322 e. The molecule has 0 saturated carbocycles. The quantitative estimate of drug-likeness (QED) is 0.535. The van der Waals surface area contributed by atoms with Gasteiger partial charge in [-0.25, -0.2) is 4.79 Å². The zero-order valence-electron chi connectivity index (χ0n) is 10.8. The number of amides is 4. The minimum atomic E-state index is -1.02. The van der Waals surface area contributed by atoms with E-state index in [2.05, 4.69) is 15.7 Å². The van der Waals surface area contributed by atoms with Crippen molar-refractivity contribution in [1.82, 2.24) is 25.3 Å². The van der Waals surface area contributed by atoms with Crippen molar-refractivity contribution in [2.75, 3.05) is 18.8 Å². The molecule has 0 bridgehead atoms. The lowest BCUT2D eigenvalue weighted by atomic mass is 9.99. The summed E-state index contributed by atoms with van der Waals surface area (Å²) in [5, 5.41) is 8.79. The molecule has 20 heavy (non-hydrogen) atoms. The van der Waals surface area contributed by atoms with E-state index in [0.717, 1.165) is 0 Å². The minimum Gasteiger partial charge on any atom is -0.396 e. The van der Waals surface area contributed by atoms with Gasteiger partial charge in [0.25, 0.3) is 11.8 Å². The normalized spacial score (nSPS) is 25.1. The maximum absolute atomic E-state index is 12.3. The van der Waals surface area contributed by atoms with Crippen molar-refractivity contribution in [2.45, 2.75) is 12.0 Å². The Hall–Kier alpha value is -2.58. The molecule has 0 aromatic carbocycles. The number of nitrogens with one attached hydrogen (secondary N) is 2. The first-order valence-corrected chi connectivity index (χ1v) is 6.13. The SMILES string of the molecule is Cn1cc(N)c(C(=O)N2CCC3(C2)NC(=O)NC3=O)n1. The Kier molecular flexibility index (Phi) is 2.46. The fraction of sp³-hybridized carbons (Fsp3) is 0.455. The maximum Gasteiger partial charge on any atom is 0.322 e. The van der Waals surface area contributed by atoms with Gasteiger partial charge in [0.2, 0.25) is 0 Å². The number of carbonyl (C=O) groups is 3. The Morgan fingerprint density at radius 2 is 2.25 bits per heavy atom. The van der Waals surface area contributed by atoms with Gasteiger partial charge in [-0.2, -0.15) is 5.10 Å². The summed E-state index contributed by atoms with van der Waals surface area (Å²) in [6.45, 7) is 0.488. The van der Waals surface area contributed by atoms with Crippen LogP contribution in [0.3, 0.4) is 0 Å². The van der Waals surface area contributed by atoms with E-state index in [9.17, 15) is 14.4 Å². The number of carbonyl (C=O) groups excluding carboxylic acids is 3. The van der Waals surface area contributed by atoms with Gasteiger partial charge in [0.05, 0.1) is 12.2 Å². The number of hydrogen-bond donors (Lipinski definition) is 3. The van der Waals surface area contributed by atoms with Crippen LogP contribution in [-0.4, -0.2) is 51.2 Å². The summed E-state index contributed by atoms with van der Waals surface area (Å²) in [6.07, 6.45) is 1.92. The average Bonchev–Trinajstić information content (AvgIpc) is 3.00. The summed E-state index contributed by atoms with van der Waals surface area (Å²) >= 11 is 0. The van der Waals surface area contributed by atoms with Crippen LogP contribution < -0.4 is 16.4 Å². The van der Waals surface area contributed by atoms with Crippen LogP contribution in [0.4, 0.5) is 10.5 Å². The largest absolute Gasteiger partial charge is 0.396 e. The van der Waals surface area contributed by atoms with Crippen molar-refractivity contribution in [1.29, 1.82) is 0 Å². The molecule has 0 aliphatic carbocycles. The molecule has 3 heterocycles. The van der Waals surface area contributed by atoms with E-state index in [-0.39, 0.29) is 18.1 Å². The van der Waals surface area contributed by atoms with Crippen molar-refractivity contribution in [3.8, 4) is 0 Å². The first kappa shape index (κ1) is 12.5. The summed E-state index contributed by atoms with van der Waals surface area (Å²) in [4.78, 5) is 36.9. The molecule has 3 rings (SSSR count). The van der Waals surface area contributed by atoms with E-state index >= 15 is 0 Å². The molecular formula is C11H14N6O3. The Morgan fingerprint density at radius 3 is 2.80 bits per heavy atom. The van der Waals surface area contributed by atoms with Crippen LogP contribution in [0.15, 0.2) is 6.20 Å². The number of urea groups is 1. The Labute approximate surface area is 114 Å². The number of nitrogen functional groups attached to an aromatic ring is 1. The third-order valence-electron chi connectivity index (χ3n) is 3.63. The van der Waals surface area contributed by atoms with Gasteiger partial charge in [-0.15, -0.1) is 0 Å². The van der Waals surface area contributed by atoms with Crippen LogP contribution in [0.1, 0.15) is 16.9 Å².